The number of furan rings is 1. The van der Waals surface area contributed by atoms with Crippen LogP contribution in [0.2, 0.25) is 0 Å². The van der Waals surface area contributed by atoms with E-state index in [1.54, 1.807) is 36.4 Å². The number of hydrogen-bond acceptors (Lipinski definition) is 7. The van der Waals surface area contributed by atoms with Crippen molar-refractivity contribution in [3.8, 4) is 5.95 Å². The highest BCUT2D eigenvalue weighted by Gasteiger charge is 2.22. The van der Waals surface area contributed by atoms with Gasteiger partial charge in [0.2, 0.25) is 5.76 Å². The summed E-state index contributed by atoms with van der Waals surface area (Å²) in [5.41, 5.74) is 6.48. The molecule has 0 radical (unpaired) electrons. The lowest BCUT2D eigenvalue weighted by Gasteiger charge is -2.07. The van der Waals surface area contributed by atoms with Gasteiger partial charge in [-0.3, -0.25) is 5.41 Å². The molecular formula is C18H16N2O6S. The fraction of sp³-hybridized carbons (Fsp3) is 0.111. The molecular weight excluding hydrogens is 372 g/mol. The van der Waals surface area contributed by atoms with Crippen LogP contribution in [0, 0.1) is 5.41 Å². The van der Waals surface area contributed by atoms with Crippen LogP contribution in [0.5, 0.6) is 5.95 Å². The minimum atomic E-state index is -4.17. The van der Waals surface area contributed by atoms with Gasteiger partial charge in [0.15, 0.2) is 0 Å². The Labute approximate surface area is 155 Å². The zero-order chi connectivity index (χ0) is 19.6. The lowest BCUT2D eigenvalue weighted by atomic mass is 10.0. The molecule has 0 aliphatic heterocycles. The molecule has 27 heavy (non-hydrogen) atoms. The molecule has 3 rings (SSSR count). The Morgan fingerprint density at radius 2 is 1.81 bits per heavy atom. The van der Waals surface area contributed by atoms with Crippen LogP contribution < -0.4 is 10.5 Å². The molecule has 0 aliphatic carbocycles. The van der Waals surface area contributed by atoms with E-state index in [2.05, 4.69) is 4.18 Å². The lowest BCUT2D eigenvalue weighted by Crippen LogP contribution is -2.14. The number of fused-ring (bicyclic) bond motifs is 1. The molecule has 0 unspecified atom stereocenters. The number of amidine groups is 1. The van der Waals surface area contributed by atoms with Crippen molar-refractivity contribution < 1.29 is 26.5 Å². The van der Waals surface area contributed by atoms with Crippen LogP contribution in [0.1, 0.15) is 21.7 Å². The van der Waals surface area contributed by atoms with E-state index < -0.39 is 21.8 Å². The van der Waals surface area contributed by atoms with E-state index in [1.165, 1.54) is 19.2 Å². The molecule has 3 N–H and O–H groups in total. The van der Waals surface area contributed by atoms with Crippen LogP contribution in [-0.4, -0.2) is 27.3 Å². The monoisotopic (exact) mass is 388 g/mol. The number of carbonyl (C=O) groups excluding carboxylic acids is 1. The summed E-state index contributed by atoms with van der Waals surface area (Å²) in [5, 5.41) is 9.04. The van der Waals surface area contributed by atoms with Gasteiger partial charge in [0.25, 0.3) is 5.95 Å². The second-order valence-corrected chi connectivity index (χ2v) is 7.28. The van der Waals surface area contributed by atoms with Gasteiger partial charge in [-0.15, -0.1) is 0 Å². The summed E-state index contributed by atoms with van der Waals surface area (Å²) in [6, 6.07) is 12.8. The van der Waals surface area contributed by atoms with Crippen LogP contribution in [0.3, 0.4) is 0 Å². The molecule has 0 spiro atoms. The minimum Gasteiger partial charge on any atom is -0.468 e. The molecule has 1 aromatic heterocycles. The fourth-order valence-corrected chi connectivity index (χ4v) is 3.44. The number of nitrogens with two attached hydrogens (primary N) is 1. The predicted octanol–water partition coefficient (Wildman–Crippen LogP) is 2.41. The maximum atomic E-state index is 12.2. The summed E-state index contributed by atoms with van der Waals surface area (Å²) in [7, 11) is -2.82. The summed E-state index contributed by atoms with van der Waals surface area (Å²) >= 11 is 0. The fourth-order valence-electron chi connectivity index (χ4n) is 2.48. The minimum absolute atomic E-state index is 0.0509. The van der Waals surface area contributed by atoms with E-state index in [-0.39, 0.29) is 17.5 Å². The molecule has 0 bridgehead atoms. The van der Waals surface area contributed by atoms with E-state index in [1.807, 2.05) is 0 Å². The van der Waals surface area contributed by atoms with Gasteiger partial charge in [-0.2, -0.15) is 8.42 Å². The first-order valence-corrected chi connectivity index (χ1v) is 9.32. The Balaban J connectivity index is 1.77. The van der Waals surface area contributed by atoms with E-state index >= 15 is 0 Å². The maximum Gasteiger partial charge on any atom is 0.389 e. The molecule has 1 heterocycles. The van der Waals surface area contributed by atoms with Gasteiger partial charge in [-0.25, -0.2) is 4.79 Å². The zero-order valence-corrected chi connectivity index (χ0v) is 15.1. The van der Waals surface area contributed by atoms with Gasteiger partial charge in [0.05, 0.1) is 7.11 Å². The molecule has 0 aliphatic rings. The smallest absolute Gasteiger partial charge is 0.389 e. The molecule has 2 aromatic carbocycles. The molecule has 9 heteroatoms. The number of carbonyl (C=O) groups is 1. The Kier molecular flexibility index (Phi) is 4.87. The second-order valence-electron chi connectivity index (χ2n) is 5.71. The molecule has 3 aromatic rings. The van der Waals surface area contributed by atoms with E-state index in [4.69, 9.17) is 20.3 Å². The predicted molar refractivity (Wildman–Crippen MR) is 98.3 cm³/mol. The standard InChI is InChI=1S/C18H16N2O6S/c1-24-16-7-6-15(25-16)18(21)26-27(22,23)10-11-2-3-13-9-14(17(19)20)5-4-12(13)8-11/h2-9H,10H2,1H3,(H3,19,20). The van der Waals surface area contributed by atoms with Crippen LogP contribution in [0.4, 0.5) is 0 Å². The van der Waals surface area contributed by atoms with Gasteiger partial charge in [-0.1, -0.05) is 30.3 Å². The van der Waals surface area contributed by atoms with E-state index in [9.17, 15) is 13.2 Å². The van der Waals surface area contributed by atoms with E-state index in [0.29, 0.717) is 11.1 Å². The van der Waals surface area contributed by atoms with Gasteiger partial charge in [-0.05, 0) is 28.5 Å². The third kappa shape index (κ3) is 4.26. The molecule has 140 valence electrons. The van der Waals surface area contributed by atoms with Crippen LogP contribution >= 0.6 is 0 Å². The van der Waals surface area contributed by atoms with Crippen molar-refractivity contribution in [1.29, 1.82) is 5.41 Å². The molecule has 0 saturated heterocycles. The van der Waals surface area contributed by atoms with Crippen LogP contribution in [-0.2, 0) is 20.1 Å². The number of nitrogen functional groups attached to an aromatic ring is 1. The Bertz CT molecular complexity index is 1130. The summed E-state index contributed by atoms with van der Waals surface area (Å²) in [6.07, 6.45) is 0. The average molecular weight is 388 g/mol. The van der Waals surface area contributed by atoms with Crippen molar-refractivity contribution in [2.75, 3.05) is 7.11 Å². The first kappa shape index (κ1) is 18.5. The van der Waals surface area contributed by atoms with Crippen molar-refractivity contribution in [1.82, 2.24) is 0 Å². The number of ether oxygens (including phenoxy) is 1. The number of benzene rings is 2. The van der Waals surface area contributed by atoms with Crippen LogP contribution in [0.25, 0.3) is 10.8 Å². The third-order valence-corrected chi connectivity index (χ3v) is 4.84. The molecule has 0 amide bonds. The maximum absolute atomic E-state index is 12.2. The molecule has 0 atom stereocenters. The summed E-state index contributed by atoms with van der Waals surface area (Å²) in [5.74, 6) is -1.86. The SMILES string of the molecule is COc1ccc(C(=O)OS(=O)(=O)Cc2ccc3cc(C(=N)N)ccc3c2)o1. The largest absolute Gasteiger partial charge is 0.468 e. The van der Waals surface area contributed by atoms with Gasteiger partial charge in [0, 0.05) is 11.6 Å². The van der Waals surface area contributed by atoms with Crippen molar-refractivity contribution in [3.63, 3.8) is 0 Å². The van der Waals surface area contributed by atoms with Crippen molar-refractivity contribution in [2.45, 2.75) is 5.75 Å². The summed E-state index contributed by atoms with van der Waals surface area (Å²) in [4.78, 5) is 11.9. The Hall–Kier alpha value is -3.33. The second kappa shape index (κ2) is 7.12. The number of nitrogens with one attached hydrogen (secondary N) is 1. The zero-order valence-electron chi connectivity index (χ0n) is 14.3. The molecule has 8 nitrogen and oxygen atoms in total. The van der Waals surface area contributed by atoms with Crippen LogP contribution in [0.15, 0.2) is 52.9 Å². The highest BCUT2D eigenvalue weighted by atomic mass is 32.2. The summed E-state index contributed by atoms with van der Waals surface area (Å²) < 4.78 is 38.7. The lowest BCUT2D eigenvalue weighted by molar-refractivity contribution is 0.0706. The third-order valence-electron chi connectivity index (χ3n) is 3.75. The Morgan fingerprint density at radius 3 is 2.48 bits per heavy atom. The number of methoxy groups -OCH3 is 1. The highest BCUT2D eigenvalue weighted by Crippen LogP contribution is 2.21. The van der Waals surface area contributed by atoms with Crippen molar-refractivity contribution >= 4 is 32.7 Å². The first-order chi connectivity index (χ1) is 12.8. The number of hydrogen-bond donors (Lipinski definition) is 2. The highest BCUT2D eigenvalue weighted by molar-refractivity contribution is 7.86. The molecule has 0 saturated carbocycles. The topological polar surface area (TPSA) is 133 Å². The van der Waals surface area contributed by atoms with Gasteiger partial charge >= 0.3 is 16.1 Å². The van der Waals surface area contributed by atoms with Gasteiger partial charge < -0.3 is 19.1 Å². The first-order valence-electron chi connectivity index (χ1n) is 7.75. The average Bonchev–Trinajstić information content (AvgIpc) is 3.09. The number of rotatable bonds is 6. The van der Waals surface area contributed by atoms with E-state index in [0.717, 1.165) is 10.8 Å². The normalized spacial score (nSPS) is 11.3. The van der Waals surface area contributed by atoms with Gasteiger partial charge in [0.1, 0.15) is 11.6 Å². The quantitative estimate of drug-likeness (QED) is 0.376. The molecule has 0 fully saturated rings. The van der Waals surface area contributed by atoms with Crippen molar-refractivity contribution in [2.24, 2.45) is 5.73 Å². The summed E-state index contributed by atoms with van der Waals surface area (Å²) in [6.45, 7) is 0. The Morgan fingerprint density at radius 1 is 1.11 bits per heavy atom. The van der Waals surface area contributed by atoms with Crippen molar-refractivity contribution in [3.05, 3.63) is 65.4 Å².